The number of aliphatic hydroxyl groups is 1. The molecule has 0 amide bonds. The molecule has 0 bridgehead atoms. The van der Waals surface area contributed by atoms with Gasteiger partial charge in [0.25, 0.3) is 0 Å². The van der Waals surface area contributed by atoms with E-state index in [1.165, 1.54) is 5.56 Å². The maximum absolute atomic E-state index is 11.2. The molecule has 0 spiro atoms. The van der Waals surface area contributed by atoms with Gasteiger partial charge in [-0.05, 0) is 24.1 Å². The SMILES string of the molecule is CS(=O)c1ccc(CN2CC[C@@H](O)C2)cc1. The highest BCUT2D eigenvalue weighted by atomic mass is 32.2. The van der Waals surface area contributed by atoms with Crippen molar-refractivity contribution in [2.45, 2.75) is 24.0 Å². The van der Waals surface area contributed by atoms with Crippen LogP contribution in [0.3, 0.4) is 0 Å². The normalized spacial score (nSPS) is 23.5. The third kappa shape index (κ3) is 2.90. The highest BCUT2D eigenvalue weighted by Crippen LogP contribution is 2.14. The number of hydrogen-bond donors (Lipinski definition) is 1. The molecule has 1 aliphatic rings. The van der Waals surface area contributed by atoms with E-state index in [0.717, 1.165) is 31.0 Å². The molecule has 2 rings (SSSR count). The summed E-state index contributed by atoms with van der Waals surface area (Å²) in [5, 5.41) is 9.41. The zero-order valence-electron chi connectivity index (χ0n) is 9.43. The maximum atomic E-state index is 11.2. The quantitative estimate of drug-likeness (QED) is 0.855. The second-order valence-electron chi connectivity index (χ2n) is 4.28. The highest BCUT2D eigenvalue weighted by molar-refractivity contribution is 7.84. The smallest absolute Gasteiger partial charge is 0.0679 e. The molecule has 1 aromatic rings. The topological polar surface area (TPSA) is 40.5 Å². The second-order valence-corrected chi connectivity index (χ2v) is 5.66. The van der Waals surface area contributed by atoms with Gasteiger partial charge in [-0.1, -0.05) is 12.1 Å². The molecule has 1 fully saturated rings. The summed E-state index contributed by atoms with van der Waals surface area (Å²) in [5.74, 6) is 0. The van der Waals surface area contributed by atoms with E-state index in [9.17, 15) is 9.32 Å². The number of likely N-dealkylation sites (tertiary alicyclic amines) is 1. The fraction of sp³-hybridized carbons (Fsp3) is 0.500. The van der Waals surface area contributed by atoms with Gasteiger partial charge in [-0.3, -0.25) is 9.11 Å². The first-order valence-corrected chi connectivity index (χ1v) is 7.04. The average molecular weight is 239 g/mol. The lowest BCUT2D eigenvalue weighted by Gasteiger charge is -2.14. The molecule has 4 heteroatoms. The first kappa shape index (κ1) is 11.8. The van der Waals surface area contributed by atoms with Gasteiger partial charge in [-0.2, -0.15) is 0 Å². The zero-order chi connectivity index (χ0) is 11.5. The molecule has 3 nitrogen and oxygen atoms in total. The van der Waals surface area contributed by atoms with Gasteiger partial charge < -0.3 is 5.11 Å². The summed E-state index contributed by atoms with van der Waals surface area (Å²) in [7, 11) is -0.900. The summed E-state index contributed by atoms with van der Waals surface area (Å²) in [4.78, 5) is 3.10. The molecule has 16 heavy (non-hydrogen) atoms. The molecular weight excluding hydrogens is 222 g/mol. The maximum Gasteiger partial charge on any atom is 0.0679 e. The molecule has 0 saturated carbocycles. The minimum Gasteiger partial charge on any atom is -0.392 e. The van der Waals surface area contributed by atoms with Crippen LogP contribution in [0.15, 0.2) is 29.2 Å². The molecule has 1 unspecified atom stereocenters. The third-order valence-electron chi connectivity index (χ3n) is 2.91. The van der Waals surface area contributed by atoms with Crippen LogP contribution in [0.4, 0.5) is 0 Å². The van der Waals surface area contributed by atoms with Gasteiger partial charge in [0.05, 0.1) is 6.10 Å². The Morgan fingerprint density at radius 1 is 1.44 bits per heavy atom. The van der Waals surface area contributed by atoms with E-state index >= 15 is 0 Å². The number of benzene rings is 1. The molecule has 88 valence electrons. The van der Waals surface area contributed by atoms with Crippen molar-refractivity contribution in [1.29, 1.82) is 0 Å². The van der Waals surface area contributed by atoms with Crippen molar-refractivity contribution in [3.8, 4) is 0 Å². The molecule has 1 N–H and O–H groups in total. The Labute approximate surface area is 98.5 Å². The summed E-state index contributed by atoms with van der Waals surface area (Å²) < 4.78 is 11.2. The largest absolute Gasteiger partial charge is 0.392 e. The standard InChI is InChI=1S/C12H17NO2S/c1-16(15)12-4-2-10(3-5-12)8-13-7-6-11(14)9-13/h2-5,11,14H,6-9H2,1H3/t11-,16?/m1/s1. The van der Waals surface area contributed by atoms with Gasteiger partial charge in [0, 0.05) is 41.6 Å². The van der Waals surface area contributed by atoms with Crippen LogP contribution in [-0.2, 0) is 17.3 Å². The minimum atomic E-state index is -0.900. The van der Waals surface area contributed by atoms with Crippen molar-refractivity contribution in [2.75, 3.05) is 19.3 Å². The van der Waals surface area contributed by atoms with Crippen molar-refractivity contribution >= 4 is 10.8 Å². The third-order valence-corrected chi connectivity index (χ3v) is 3.84. The Hall–Kier alpha value is -0.710. The minimum absolute atomic E-state index is 0.164. The lowest BCUT2D eigenvalue weighted by Crippen LogP contribution is -2.21. The fourth-order valence-electron chi connectivity index (χ4n) is 2.00. The summed E-state index contributed by atoms with van der Waals surface area (Å²) in [5.41, 5.74) is 1.21. The lowest BCUT2D eigenvalue weighted by atomic mass is 10.2. The number of rotatable bonds is 3. The van der Waals surface area contributed by atoms with E-state index in [1.807, 2.05) is 24.3 Å². The monoisotopic (exact) mass is 239 g/mol. The Kier molecular flexibility index (Phi) is 3.74. The van der Waals surface area contributed by atoms with E-state index in [2.05, 4.69) is 4.90 Å². The van der Waals surface area contributed by atoms with E-state index in [0.29, 0.717) is 0 Å². The first-order valence-electron chi connectivity index (χ1n) is 5.48. The van der Waals surface area contributed by atoms with Crippen molar-refractivity contribution in [3.63, 3.8) is 0 Å². The predicted octanol–water partition coefficient (Wildman–Crippen LogP) is 0.991. The van der Waals surface area contributed by atoms with Gasteiger partial charge in [-0.15, -0.1) is 0 Å². The Morgan fingerprint density at radius 3 is 2.62 bits per heavy atom. The molecule has 0 aliphatic carbocycles. The molecule has 1 aliphatic heterocycles. The molecular formula is C12H17NO2S. The molecule has 1 saturated heterocycles. The van der Waals surface area contributed by atoms with Crippen LogP contribution in [-0.4, -0.2) is 39.7 Å². The van der Waals surface area contributed by atoms with Crippen LogP contribution < -0.4 is 0 Å². The van der Waals surface area contributed by atoms with E-state index in [1.54, 1.807) is 6.26 Å². The van der Waals surface area contributed by atoms with Crippen LogP contribution in [0, 0.1) is 0 Å². The first-order chi connectivity index (χ1) is 7.65. The number of β-amino-alcohol motifs (C(OH)–C–C–N with tert-alkyl or cyclic N) is 1. The van der Waals surface area contributed by atoms with Crippen molar-refractivity contribution in [1.82, 2.24) is 4.90 Å². The Morgan fingerprint density at radius 2 is 2.12 bits per heavy atom. The van der Waals surface area contributed by atoms with Crippen molar-refractivity contribution in [2.24, 2.45) is 0 Å². The number of nitrogens with zero attached hydrogens (tertiary/aromatic N) is 1. The van der Waals surface area contributed by atoms with Gasteiger partial charge in [0.1, 0.15) is 0 Å². The fourth-order valence-corrected chi connectivity index (χ4v) is 2.52. The van der Waals surface area contributed by atoms with E-state index < -0.39 is 10.8 Å². The summed E-state index contributed by atoms with van der Waals surface area (Å²) >= 11 is 0. The zero-order valence-corrected chi connectivity index (χ0v) is 10.2. The number of aliphatic hydroxyl groups excluding tert-OH is 1. The van der Waals surface area contributed by atoms with Gasteiger partial charge in [0.2, 0.25) is 0 Å². The van der Waals surface area contributed by atoms with Crippen LogP contribution in [0.1, 0.15) is 12.0 Å². The number of hydrogen-bond acceptors (Lipinski definition) is 3. The van der Waals surface area contributed by atoms with Crippen LogP contribution in [0.2, 0.25) is 0 Å². The van der Waals surface area contributed by atoms with Crippen LogP contribution >= 0.6 is 0 Å². The molecule has 0 aromatic heterocycles. The van der Waals surface area contributed by atoms with Crippen molar-refractivity contribution in [3.05, 3.63) is 29.8 Å². The van der Waals surface area contributed by atoms with Gasteiger partial charge in [-0.25, -0.2) is 0 Å². The lowest BCUT2D eigenvalue weighted by molar-refractivity contribution is 0.175. The van der Waals surface area contributed by atoms with Gasteiger partial charge >= 0.3 is 0 Å². The van der Waals surface area contributed by atoms with Crippen molar-refractivity contribution < 1.29 is 9.32 Å². The average Bonchev–Trinajstić information content (AvgIpc) is 2.65. The predicted molar refractivity (Wildman–Crippen MR) is 64.7 cm³/mol. The van der Waals surface area contributed by atoms with E-state index in [-0.39, 0.29) is 6.10 Å². The molecule has 0 radical (unpaired) electrons. The summed E-state index contributed by atoms with van der Waals surface area (Å²) in [6.45, 7) is 2.60. The Bertz CT molecular complexity index is 377. The summed E-state index contributed by atoms with van der Waals surface area (Å²) in [6.07, 6.45) is 2.39. The van der Waals surface area contributed by atoms with Gasteiger partial charge in [0.15, 0.2) is 0 Å². The van der Waals surface area contributed by atoms with Crippen LogP contribution in [0.25, 0.3) is 0 Å². The molecule has 2 atom stereocenters. The molecule has 1 heterocycles. The van der Waals surface area contributed by atoms with Crippen LogP contribution in [0.5, 0.6) is 0 Å². The highest BCUT2D eigenvalue weighted by Gasteiger charge is 2.19. The second kappa shape index (κ2) is 5.08. The molecule has 1 aromatic carbocycles. The van der Waals surface area contributed by atoms with E-state index in [4.69, 9.17) is 0 Å². The summed E-state index contributed by atoms with van der Waals surface area (Å²) in [6, 6.07) is 7.86. The Balaban J connectivity index is 1.97.